The molecule has 0 heterocycles. The molecule has 0 atom stereocenters. The second kappa shape index (κ2) is 8.21. The Morgan fingerprint density at radius 2 is 1.42 bits per heavy atom. The smallest absolute Gasteiger partial charge is 0.744 e. The molecule has 2 rings (SSSR count). The van der Waals surface area contributed by atoms with Crippen LogP contribution in [0.2, 0.25) is 0 Å². The van der Waals surface area contributed by atoms with Crippen molar-refractivity contribution in [1.82, 2.24) is 0 Å². The maximum absolute atomic E-state index is 12.0. The van der Waals surface area contributed by atoms with E-state index in [1.54, 1.807) is 0 Å². The van der Waals surface area contributed by atoms with Crippen molar-refractivity contribution in [3.63, 3.8) is 0 Å². The van der Waals surface area contributed by atoms with Gasteiger partial charge in [0.25, 0.3) is 0 Å². The van der Waals surface area contributed by atoms with Gasteiger partial charge in [0.1, 0.15) is 28.2 Å². The van der Waals surface area contributed by atoms with Gasteiger partial charge in [0.05, 0.1) is 4.90 Å². The fraction of sp³-hybridized carbons (Fsp3) is 0.143. The molecule has 0 radical (unpaired) electrons. The minimum Gasteiger partial charge on any atom is -0.744 e. The first kappa shape index (κ1) is 20.8. The molecule has 0 bridgehead atoms. The van der Waals surface area contributed by atoms with E-state index in [9.17, 15) is 26.1 Å². The van der Waals surface area contributed by atoms with Gasteiger partial charge in [-0.3, -0.25) is 0 Å². The maximum atomic E-state index is 12.0. The summed E-state index contributed by atoms with van der Waals surface area (Å²) in [5.74, 6) is -0.0285. The van der Waals surface area contributed by atoms with Crippen LogP contribution in [-0.4, -0.2) is 19.3 Å². The van der Waals surface area contributed by atoms with Crippen LogP contribution in [-0.2, 0) is 16.7 Å². The van der Waals surface area contributed by atoms with Crippen LogP contribution in [0.1, 0.15) is 5.56 Å². The first-order valence-corrected chi connectivity index (χ1v) is 7.58. The minimum atomic E-state index is -4.75. The molecule has 0 amide bonds. The van der Waals surface area contributed by atoms with Crippen molar-refractivity contribution in [3.8, 4) is 11.5 Å². The van der Waals surface area contributed by atoms with Crippen molar-refractivity contribution in [1.29, 1.82) is 0 Å². The van der Waals surface area contributed by atoms with Gasteiger partial charge in [0.2, 0.25) is 0 Å². The zero-order valence-electron chi connectivity index (χ0n) is 12.4. The van der Waals surface area contributed by atoms with Gasteiger partial charge in [-0.05, 0) is 42.0 Å². The summed E-state index contributed by atoms with van der Waals surface area (Å²) in [5, 5.41) is 0. The van der Waals surface area contributed by atoms with E-state index in [0.29, 0.717) is 11.3 Å². The van der Waals surface area contributed by atoms with E-state index in [4.69, 9.17) is 4.74 Å². The molecule has 0 aliphatic heterocycles. The predicted octanol–water partition coefficient (Wildman–Crippen LogP) is 0.0723. The summed E-state index contributed by atoms with van der Waals surface area (Å²) < 4.78 is 77.4. The van der Waals surface area contributed by atoms with Crippen LogP contribution in [0.3, 0.4) is 0 Å². The van der Waals surface area contributed by atoms with Crippen LogP contribution in [0, 0.1) is 0 Å². The van der Waals surface area contributed by atoms with Crippen molar-refractivity contribution in [3.05, 3.63) is 54.1 Å². The van der Waals surface area contributed by atoms with E-state index in [-0.39, 0.29) is 46.8 Å². The summed E-state index contributed by atoms with van der Waals surface area (Å²) in [7, 11) is -4.52. The van der Waals surface area contributed by atoms with Gasteiger partial charge in [0.15, 0.2) is 0 Å². The van der Waals surface area contributed by atoms with E-state index in [1.165, 1.54) is 24.3 Å². The fourth-order valence-electron chi connectivity index (χ4n) is 1.66. The van der Waals surface area contributed by atoms with Crippen LogP contribution in [0.5, 0.6) is 11.5 Å². The Hall–Kier alpha value is -1.26. The molecule has 0 N–H and O–H groups in total. The molecule has 0 spiro atoms. The Kier molecular flexibility index (Phi) is 7.11. The molecule has 0 aliphatic carbocycles. The number of rotatable bonds is 5. The normalized spacial score (nSPS) is 11.5. The van der Waals surface area contributed by atoms with Crippen molar-refractivity contribution in [2.45, 2.75) is 17.9 Å². The quantitative estimate of drug-likeness (QED) is 0.550. The number of hydrogen-bond donors (Lipinski definition) is 0. The van der Waals surface area contributed by atoms with Crippen molar-refractivity contribution >= 4 is 10.1 Å². The molecule has 0 unspecified atom stereocenters. The monoisotopic (exact) mass is 370 g/mol. The maximum Gasteiger partial charge on any atom is 1.00 e. The van der Waals surface area contributed by atoms with Crippen LogP contribution in [0.25, 0.3) is 0 Å². The Labute approximate surface area is 158 Å². The van der Waals surface area contributed by atoms with E-state index < -0.39 is 16.5 Å². The molecule has 5 nitrogen and oxygen atoms in total. The Balaban J connectivity index is 0.00000288. The van der Waals surface area contributed by atoms with Crippen molar-refractivity contribution < 1.29 is 65.2 Å². The minimum absolute atomic E-state index is 0. The summed E-state index contributed by atoms with van der Waals surface area (Å²) in [5.41, 5.74) is 0.583. The number of alkyl halides is 3. The summed E-state index contributed by atoms with van der Waals surface area (Å²) in [6.45, 7) is 0.0514. The van der Waals surface area contributed by atoms with Gasteiger partial charge in [0, 0.05) is 0 Å². The first-order chi connectivity index (χ1) is 10.6. The first-order valence-electron chi connectivity index (χ1n) is 6.17. The Morgan fingerprint density at radius 1 is 0.917 bits per heavy atom. The van der Waals surface area contributed by atoms with Gasteiger partial charge in [-0.1, -0.05) is 12.1 Å². The van der Waals surface area contributed by atoms with E-state index in [1.807, 2.05) is 0 Å². The number of halogens is 3. The molecule has 0 saturated heterocycles. The average Bonchev–Trinajstić information content (AvgIpc) is 2.44. The third-order valence-electron chi connectivity index (χ3n) is 2.67. The van der Waals surface area contributed by atoms with Gasteiger partial charge in [-0.15, -0.1) is 13.2 Å². The molecule has 0 saturated carbocycles. The summed E-state index contributed by atoms with van der Waals surface area (Å²) >= 11 is 0. The molecule has 0 fully saturated rings. The fourth-order valence-corrected chi connectivity index (χ4v) is 2.13. The predicted molar refractivity (Wildman–Crippen MR) is 71.9 cm³/mol. The van der Waals surface area contributed by atoms with Crippen LogP contribution in [0.4, 0.5) is 13.2 Å². The summed E-state index contributed by atoms with van der Waals surface area (Å²) in [6, 6.07) is 9.95. The SMILES string of the molecule is O=S(=O)([O-])c1ccc(OCc2ccc(OC(F)(F)F)cc2)cc1.[Na+]. The van der Waals surface area contributed by atoms with Gasteiger partial charge in [-0.25, -0.2) is 8.42 Å². The Morgan fingerprint density at radius 3 is 1.88 bits per heavy atom. The molecular formula is C14H10F3NaO5S. The summed E-state index contributed by atoms with van der Waals surface area (Å²) in [4.78, 5) is -0.376. The average molecular weight is 370 g/mol. The number of hydrogen-bond acceptors (Lipinski definition) is 5. The molecule has 10 heteroatoms. The molecule has 0 aliphatic rings. The van der Waals surface area contributed by atoms with Crippen molar-refractivity contribution in [2.24, 2.45) is 0 Å². The largest absolute Gasteiger partial charge is 1.00 e. The number of benzene rings is 2. The molecule has 2 aromatic rings. The number of ether oxygens (including phenoxy) is 2. The zero-order valence-corrected chi connectivity index (χ0v) is 15.2. The summed E-state index contributed by atoms with van der Waals surface area (Å²) in [6.07, 6.45) is -4.75. The van der Waals surface area contributed by atoms with E-state index in [0.717, 1.165) is 24.3 Å². The molecule has 124 valence electrons. The van der Waals surface area contributed by atoms with Crippen LogP contribution >= 0.6 is 0 Å². The van der Waals surface area contributed by atoms with E-state index >= 15 is 0 Å². The van der Waals surface area contributed by atoms with Gasteiger partial charge in [-0.2, -0.15) is 0 Å². The molecule has 0 aromatic heterocycles. The van der Waals surface area contributed by atoms with Crippen LogP contribution in [0.15, 0.2) is 53.4 Å². The zero-order chi connectivity index (χ0) is 17.1. The molecule has 2 aromatic carbocycles. The topological polar surface area (TPSA) is 75.7 Å². The van der Waals surface area contributed by atoms with Gasteiger partial charge >= 0.3 is 35.9 Å². The van der Waals surface area contributed by atoms with Crippen molar-refractivity contribution in [2.75, 3.05) is 0 Å². The van der Waals surface area contributed by atoms with Crippen LogP contribution < -0.4 is 39.0 Å². The van der Waals surface area contributed by atoms with Gasteiger partial charge < -0.3 is 14.0 Å². The standard InChI is InChI=1S/C14H11F3O5S.Na/c15-14(16,17)22-12-3-1-10(2-4-12)9-21-11-5-7-13(8-6-11)23(18,19)20;/h1-8H,9H2,(H,18,19,20);/q;+1/p-1. The molecule has 24 heavy (non-hydrogen) atoms. The third kappa shape index (κ3) is 6.70. The third-order valence-corrected chi connectivity index (χ3v) is 3.52. The Bertz CT molecular complexity index is 758. The second-order valence-corrected chi connectivity index (χ2v) is 5.79. The van der Waals surface area contributed by atoms with E-state index in [2.05, 4.69) is 4.74 Å². The molecular weight excluding hydrogens is 360 g/mol. The second-order valence-electron chi connectivity index (χ2n) is 4.41.